The van der Waals surface area contributed by atoms with Crippen LogP contribution in [0.4, 0.5) is 4.39 Å². The number of pyridine rings is 2. The summed E-state index contributed by atoms with van der Waals surface area (Å²) in [5.41, 5.74) is 10.2. The molecule has 0 saturated carbocycles. The molecule has 0 saturated heterocycles. The molecular weight excluding hydrogens is 604 g/mol. The van der Waals surface area contributed by atoms with Gasteiger partial charge in [-0.3, -0.25) is 0 Å². The highest BCUT2D eigenvalue weighted by atomic mass is 19.1. The number of nitrogens with zero attached hydrogens (tertiary/aromatic N) is 2. The maximum absolute atomic E-state index is 16.3. The summed E-state index contributed by atoms with van der Waals surface area (Å²) in [7, 11) is 3.85. The molecule has 3 heterocycles. The van der Waals surface area contributed by atoms with Gasteiger partial charge in [0, 0.05) is 42.0 Å². The van der Waals surface area contributed by atoms with Gasteiger partial charge in [0.1, 0.15) is 18.6 Å². The number of benzene rings is 3. The Balaban J connectivity index is 1.42. The summed E-state index contributed by atoms with van der Waals surface area (Å²) in [6.45, 7) is 13.9. The van der Waals surface area contributed by atoms with E-state index in [9.17, 15) is 0 Å². The fourth-order valence-corrected chi connectivity index (χ4v) is 9.87. The van der Waals surface area contributed by atoms with Crippen molar-refractivity contribution in [3.8, 4) is 28.3 Å². The van der Waals surface area contributed by atoms with Gasteiger partial charge in [-0.05, 0) is 90.9 Å². The van der Waals surface area contributed by atoms with E-state index >= 15 is 4.39 Å². The van der Waals surface area contributed by atoms with E-state index < -0.39 is 5.41 Å². The molecule has 0 bridgehead atoms. The number of hydrogen-bond donors (Lipinski definition) is 0. The van der Waals surface area contributed by atoms with E-state index in [1.54, 1.807) is 13.2 Å². The maximum Gasteiger partial charge on any atom is 0.221 e. The number of methoxy groups -OCH3 is 1. The fourth-order valence-electron chi connectivity index (χ4n) is 9.87. The highest BCUT2D eigenvalue weighted by Gasteiger charge is 2.61. The molecule has 49 heavy (non-hydrogen) atoms. The van der Waals surface area contributed by atoms with E-state index in [0.29, 0.717) is 0 Å². The lowest BCUT2D eigenvalue weighted by atomic mass is 9.55. The largest absolute Gasteiger partial charge is 0.497 e. The molecule has 4 heteroatoms. The molecule has 2 atom stereocenters. The first-order valence-corrected chi connectivity index (χ1v) is 18.5. The third-order valence-corrected chi connectivity index (χ3v) is 12.8. The molecule has 0 radical (unpaired) electrons. The molecule has 1 aliphatic carbocycles. The first-order valence-electron chi connectivity index (χ1n) is 18.5. The second-order valence-electron chi connectivity index (χ2n) is 15.3. The van der Waals surface area contributed by atoms with Crippen LogP contribution >= 0.6 is 0 Å². The lowest BCUT2D eigenvalue weighted by Crippen LogP contribution is -2.69. The summed E-state index contributed by atoms with van der Waals surface area (Å²) in [5, 5.41) is 2.68. The Morgan fingerprint density at radius 1 is 0.796 bits per heavy atom. The van der Waals surface area contributed by atoms with Crippen LogP contribution in [0.1, 0.15) is 108 Å². The molecule has 0 fully saturated rings. The molecule has 0 amide bonds. The van der Waals surface area contributed by atoms with Crippen LogP contribution in [0.15, 0.2) is 79.1 Å². The number of rotatable bonds is 11. The van der Waals surface area contributed by atoms with Crippen LogP contribution in [0.3, 0.4) is 0 Å². The van der Waals surface area contributed by atoms with Crippen molar-refractivity contribution < 1.29 is 18.3 Å². The second kappa shape index (κ2) is 12.4. The fraction of sp³-hybridized carbons (Fsp3) is 0.422. The van der Waals surface area contributed by atoms with Crippen molar-refractivity contribution in [2.45, 2.75) is 109 Å². The van der Waals surface area contributed by atoms with Crippen LogP contribution in [-0.4, -0.2) is 7.11 Å². The van der Waals surface area contributed by atoms with E-state index in [0.717, 1.165) is 55.4 Å². The number of unbranched alkanes of at least 4 members (excludes halogenated alkanes) is 1. The Kier molecular flexibility index (Phi) is 8.45. The van der Waals surface area contributed by atoms with Gasteiger partial charge in [0.2, 0.25) is 11.4 Å². The van der Waals surface area contributed by atoms with Gasteiger partial charge in [-0.25, -0.2) is 8.96 Å². The number of aromatic nitrogens is 2. The van der Waals surface area contributed by atoms with Crippen LogP contribution < -0.4 is 13.9 Å². The van der Waals surface area contributed by atoms with Gasteiger partial charge in [0.05, 0.1) is 29.0 Å². The van der Waals surface area contributed by atoms with Gasteiger partial charge in [0.15, 0.2) is 17.9 Å². The standard InChI is InChI=1S/C45H53FN2O/c1-9-12-16-30-20-22-35-39-33(30)25-28-48-42(39)40-36(23-24-37(46)41(40)43(35,4)5)44(6,10-2)45(48,11-3)26-15-17-31-19-21-32(49-8)29-34(31)38-18-13-14-27-47(38)7/h13-14,18-25,27-29H,9-12,15-17,26H2,1-8H3/q+2. The predicted molar refractivity (Wildman–Crippen MR) is 199 cm³/mol. The Labute approximate surface area is 292 Å². The Bertz CT molecular complexity index is 2080. The van der Waals surface area contributed by atoms with Gasteiger partial charge < -0.3 is 4.74 Å². The zero-order chi connectivity index (χ0) is 34.7. The lowest BCUT2D eigenvalue weighted by molar-refractivity contribution is -0.769. The molecule has 1 aliphatic heterocycles. The smallest absolute Gasteiger partial charge is 0.221 e. The Morgan fingerprint density at radius 2 is 1.55 bits per heavy atom. The molecule has 3 nitrogen and oxygen atoms in total. The topological polar surface area (TPSA) is 17.0 Å². The van der Waals surface area contributed by atoms with Gasteiger partial charge in [0.25, 0.3) is 0 Å². The van der Waals surface area contributed by atoms with Gasteiger partial charge in [-0.2, -0.15) is 4.57 Å². The average molecular weight is 657 g/mol. The van der Waals surface area contributed by atoms with Crippen molar-refractivity contribution in [2.75, 3.05) is 7.11 Å². The summed E-state index contributed by atoms with van der Waals surface area (Å²) in [6, 6.07) is 23.9. The Morgan fingerprint density at radius 3 is 2.27 bits per heavy atom. The zero-order valence-corrected chi connectivity index (χ0v) is 30.8. The molecule has 0 spiro atoms. The minimum atomic E-state index is -0.442. The average Bonchev–Trinajstić information content (AvgIpc) is 3.11. The summed E-state index contributed by atoms with van der Waals surface area (Å²) in [5.74, 6) is 0.789. The predicted octanol–water partition coefficient (Wildman–Crippen LogP) is 10.2. The highest BCUT2D eigenvalue weighted by molar-refractivity contribution is 6.02. The first-order chi connectivity index (χ1) is 23.6. The van der Waals surface area contributed by atoms with Crippen molar-refractivity contribution in [1.82, 2.24) is 0 Å². The van der Waals surface area contributed by atoms with Crippen LogP contribution in [0, 0.1) is 5.82 Å². The number of ether oxygens (including phenoxy) is 1. The van der Waals surface area contributed by atoms with Crippen molar-refractivity contribution >= 4 is 10.8 Å². The van der Waals surface area contributed by atoms with E-state index in [1.165, 1.54) is 62.8 Å². The van der Waals surface area contributed by atoms with E-state index in [-0.39, 0.29) is 16.8 Å². The number of aryl methyl sites for hydroxylation is 3. The van der Waals surface area contributed by atoms with Crippen molar-refractivity contribution in [2.24, 2.45) is 7.05 Å². The molecule has 5 aromatic rings. The maximum atomic E-state index is 16.3. The highest BCUT2D eigenvalue weighted by Crippen LogP contribution is 2.59. The molecule has 2 aromatic heterocycles. The number of hydrogen-bond acceptors (Lipinski definition) is 1. The third kappa shape index (κ3) is 4.80. The second-order valence-corrected chi connectivity index (χ2v) is 15.3. The van der Waals surface area contributed by atoms with Crippen LogP contribution in [0.5, 0.6) is 5.75 Å². The van der Waals surface area contributed by atoms with Gasteiger partial charge >= 0.3 is 0 Å². The van der Waals surface area contributed by atoms with E-state index in [2.05, 4.69) is 131 Å². The summed E-state index contributed by atoms with van der Waals surface area (Å²) in [6.07, 6.45) is 12.9. The molecule has 2 unspecified atom stereocenters. The minimum Gasteiger partial charge on any atom is -0.497 e. The molecule has 3 aromatic carbocycles. The van der Waals surface area contributed by atoms with Crippen molar-refractivity contribution in [3.05, 3.63) is 113 Å². The van der Waals surface area contributed by atoms with Crippen molar-refractivity contribution in [1.29, 1.82) is 0 Å². The van der Waals surface area contributed by atoms with Gasteiger partial charge in [-0.15, -0.1) is 0 Å². The van der Waals surface area contributed by atoms with Crippen molar-refractivity contribution in [3.63, 3.8) is 0 Å². The van der Waals surface area contributed by atoms with Crippen LogP contribution in [-0.2, 0) is 36.3 Å². The number of halogens is 1. The van der Waals surface area contributed by atoms with Gasteiger partial charge in [-0.1, -0.05) is 65.3 Å². The van der Waals surface area contributed by atoms with E-state index in [4.69, 9.17) is 4.74 Å². The first kappa shape index (κ1) is 33.4. The Hall–Kier alpha value is -4.05. The monoisotopic (exact) mass is 656 g/mol. The lowest BCUT2D eigenvalue weighted by Gasteiger charge is -2.50. The minimum absolute atomic E-state index is 0.0865. The third-order valence-electron chi connectivity index (χ3n) is 12.8. The molecule has 7 rings (SSSR count). The molecular formula is C45H53FN2O+2. The van der Waals surface area contributed by atoms with Crippen LogP contribution in [0.2, 0.25) is 0 Å². The summed E-state index contributed by atoms with van der Waals surface area (Å²) >= 11 is 0. The van der Waals surface area contributed by atoms with E-state index in [1.807, 2.05) is 0 Å². The molecule has 0 N–H and O–H groups in total. The van der Waals surface area contributed by atoms with Crippen LogP contribution in [0.25, 0.3) is 33.3 Å². The summed E-state index contributed by atoms with van der Waals surface area (Å²) < 4.78 is 26.8. The normalized spacial score (nSPS) is 20.1. The zero-order valence-electron chi connectivity index (χ0n) is 30.8. The summed E-state index contributed by atoms with van der Waals surface area (Å²) in [4.78, 5) is 0. The molecule has 254 valence electrons. The SMILES string of the molecule is CCCCc1ccc2c3c4[n+](ccc13)C(CC)(CCCc1ccc(OC)cc1-c1cccc[n+]1C)C(C)(CC)c1ccc(F)c(c1-4)C2(C)C. The quantitative estimate of drug-likeness (QED) is 0.129. The molecule has 2 aliphatic rings.